The second-order valence-corrected chi connectivity index (χ2v) is 6.07. The third-order valence-electron chi connectivity index (χ3n) is 1.56. The van der Waals surface area contributed by atoms with Gasteiger partial charge in [-0.15, -0.1) is 0 Å². The minimum absolute atomic E-state index is 0.00135. The summed E-state index contributed by atoms with van der Waals surface area (Å²) in [4.78, 5) is 3.76. The number of halogens is 2. The maximum atomic E-state index is 11.7. The van der Waals surface area contributed by atoms with E-state index in [2.05, 4.69) is 20.9 Å². The molecule has 0 saturated heterocycles. The summed E-state index contributed by atoms with van der Waals surface area (Å²) in [6.45, 7) is 0. The SMILES string of the molecule is CN(C)S(=O)(=O)c1cncc(Br)c1Cl. The van der Waals surface area contributed by atoms with Gasteiger partial charge in [0.25, 0.3) is 0 Å². The summed E-state index contributed by atoms with van der Waals surface area (Å²) in [5, 5.41) is 0.147. The van der Waals surface area contributed by atoms with Crippen molar-refractivity contribution in [2.24, 2.45) is 0 Å². The molecular formula is C7H8BrClN2O2S. The first kappa shape index (κ1) is 11.9. The molecule has 0 atom stereocenters. The Morgan fingerprint density at radius 2 is 2.00 bits per heavy atom. The number of aromatic nitrogens is 1. The van der Waals surface area contributed by atoms with Crippen molar-refractivity contribution in [1.82, 2.24) is 9.29 Å². The highest BCUT2D eigenvalue weighted by molar-refractivity contribution is 9.10. The fourth-order valence-electron chi connectivity index (χ4n) is 0.778. The third-order valence-corrected chi connectivity index (χ3v) is 4.74. The number of nitrogens with zero attached hydrogens (tertiary/aromatic N) is 2. The Bertz CT molecular complexity index is 447. The fourth-order valence-corrected chi connectivity index (χ4v) is 2.55. The molecular weight excluding hydrogens is 292 g/mol. The highest BCUT2D eigenvalue weighted by Gasteiger charge is 2.22. The van der Waals surface area contributed by atoms with E-state index in [1.807, 2.05) is 0 Å². The quantitative estimate of drug-likeness (QED) is 0.836. The standard InChI is InChI=1S/C7H8BrClN2O2S/c1-11(2)14(12,13)6-4-10-3-5(8)7(6)9/h3-4H,1-2H3. The van der Waals surface area contributed by atoms with E-state index in [9.17, 15) is 8.42 Å². The Morgan fingerprint density at radius 1 is 1.43 bits per heavy atom. The molecule has 1 aromatic rings. The van der Waals surface area contributed by atoms with Crippen molar-refractivity contribution in [3.63, 3.8) is 0 Å². The van der Waals surface area contributed by atoms with Crippen molar-refractivity contribution in [3.05, 3.63) is 21.9 Å². The zero-order chi connectivity index (χ0) is 10.9. The molecule has 0 amide bonds. The van der Waals surface area contributed by atoms with E-state index in [1.54, 1.807) is 0 Å². The van der Waals surface area contributed by atoms with E-state index in [1.165, 1.54) is 26.5 Å². The maximum Gasteiger partial charge on any atom is 0.245 e. The van der Waals surface area contributed by atoms with Crippen LogP contribution < -0.4 is 0 Å². The van der Waals surface area contributed by atoms with Gasteiger partial charge in [-0.3, -0.25) is 4.98 Å². The molecule has 0 fully saturated rings. The van der Waals surface area contributed by atoms with Gasteiger partial charge in [-0.05, 0) is 15.9 Å². The molecule has 0 aliphatic heterocycles. The summed E-state index contributed by atoms with van der Waals surface area (Å²) in [6.07, 6.45) is 2.67. The van der Waals surface area contributed by atoms with E-state index in [0.29, 0.717) is 4.47 Å². The van der Waals surface area contributed by atoms with Gasteiger partial charge in [0.05, 0.1) is 9.50 Å². The second kappa shape index (κ2) is 4.14. The summed E-state index contributed by atoms with van der Waals surface area (Å²) in [5.41, 5.74) is 0. The van der Waals surface area contributed by atoms with E-state index in [-0.39, 0.29) is 9.92 Å². The Balaban J connectivity index is 3.42. The summed E-state index contributed by atoms with van der Waals surface area (Å²) in [6, 6.07) is 0. The van der Waals surface area contributed by atoms with Crippen LogP contribution in [0.15, 0.2) is 21.8 Å². The fraction of sp³-hybridized carbons (Fsp3) is 0.286. The average Bonchev–Trinajstić information content (AvgIpc) is 2.09. The smallest absolute Gasteiger partial charge is 0.245 e. The molecule has 0 bridgehead atoms. The maximum absolute atomic E-state index is 11.7. The lowest BCUT2D eigenvalue weighted by atomic mass is 10.5. The van der Waals surface area contributed by atoms with Gasteiger partial charge in [0.15, 0.2) is 0 Å². The van der Waals surface area contributed by atoms with Crippen LogP contribution in [-0.2, 0) is 10.0 Å². The first-order valence-electron chi connectivity index (χ1n) is 3.59. The van der Waals surface area contributed by atoms with Crippen molar-refractivity contribution in [3.8, 4) is 0 Å². The van der Waals surface area contributed by atoms with E-state index >= 15 is 0 Å². The second-order valence-electron chi connectivity index (χ2n) is 2.72. The Kier molecular flexibility index (Phi) is 3.52. The van der Waals surface area contributed by atoms with Crippen LogP contribution in [0.3, 0.4) is 0 Å². The minimum Gasteiger partial charge on any atom is -0.262 e. The van der Waals surface area contributed by atoms with Crippen molar-refractivity contribution < 1.29 is 8.42 Å². The molecule has 0 aliphatic carbocycles. The van der Waals surface area contributed by atoms with E-state index < -0.39 is 10.0 Å². The first-order valence-corrected chi connectivity index (χ1v) is 6.20. The molecule has 0 unspecified atom stereocenters. The average molecular weight is 300 g/mol. The van der Waals surface area contributed by atoms with Gasteiger partial charge in [-0.2, -0.15) is 0 Å². The van der Waals surface area contributed by atoms with Crippen LogP contribution in [0.4, 0.5) is 0 Å². The van der Waals surface area contributed by atoms with Gasteiger partial charge >= 0.3 is 0 Å². The van der Waals surface area contributed by atoms with Gasteiger partial charge in [0, 0.05) is 26.5 Å². The number of hydrogen-bond acceptors (Lipinski definition) is 3. The van der Waals surface area contributed by atoms with Gasteiger partial charge < -0.3 is 0 Å². The molecule has 0 radical (unpaired) electrons. The van der Waals surface area contributed by atoms with Crippen LogP contribution in [0.1, 0.15) is 0 Å². The lowest BCUT2D eigenvalue weighted by molar-refractivity contribution is 0.520. The molecule has 1 heterocycles. The van der Waals surface area contributed by atoms with Gasteiger partial charge in [-0.25, -0.2) is 12.7 Å². The summed E-state index contributed by atoms with van der Waals surface area (Å²) in [7, 11) is -0.647. The number of rotatable bonds is 2. The molecule has 0 aromatic carbocycles. The Hall–Kier alpha value is -0.170. The van der Waals surface area contributed by atoms with Crippen LogP contribution in [0.5, 0.6) is 0 Å². The topological polar surface area (TPSA) is 50.3 Å². The van der Waals surface area contributed by atoms with Crippen LogP contribution in [0, 0.1) is 0 Å². The summed E-state index contributed by atoms with van der Waals surface area (Å²) in [5.74, 6) is 0. The highest BCUT2D eigenvalue weighted by Crippen LogP contribution is 2.29. The molecule has 0 saturated carbocycles. The number of hydrogen-bond donors (Lipinski definition) is 0. The van der Waals surface area contributed by atoms with Crippen LogP contribution in [0.2, 0.25) is 5.02 Å². The number of sulfonamides is 1. The molecule has 0 aliphatic rings. The molecule has 78 valence electrons. The van der Waals surface area contributed by atoms with Crippen molar-refractivity contribution in [2.75, 3.05) is 14.1 Å². The van der Waals surface area contributed by atoms with Crippen LogP contribution in [-0.4, -0.2) is 31.8 Å². The molecule has 0 N–H and O–H groups in total. The van der Waals surface area contributed by atoms with Crippen molar-refractivity contribution >= 4 is 37.6 Å². The van der Waals surface area contributed by atoms with Crippen LogP contribution in [0.25, 0.3) is 0 Å². The molecule has 1 rings (SSSR count). The molecule has 1 aromatic heterocycles. The van der Waals surface area contributed by atoms with Gasteiger partial charge in [0.2, 0.25) is 10.0 Å². The summed E-state index contributed by atoms with van der Waals surface area (Å²) < 4.78 is 24.9. The monoisotopic (exact) mass is 298 g/mol. The molecule has 0 spiro atoms. The largest absolute Gasteiger partial charge is 0.262 e. The van der Waals surface area contributed by atoms with E-state index in [4.69, 9.17) is 11.6 Å². The zero-order valence-corrected chi connectivity index (χ0v) is 10.7. The minimum atomic E-state index is -3.52. The lowest BCUT2D eigenvalue weighted by Crippen LogP contribution is -2.22. The van der Waals surface area contributed by atoms with Gasteiger partial charge in [0.1, 0.15) is 4.90 Å². The zero-order valence-electron chi connectivity index (χ0n) is 7.53. The summed E-state index contributed by atoms with van der Waals surface area (Å²) >= 11 is 8.94. The van der Waals surface area contributed by atoms with Gasteiger partial charge in [-0.1, -0.05) is 11.6 Å². The van der Waals surface area contributed by atoms with Crippen molar-refractivity contribution in [1.29, 1.82) is 0 Å². The lowest BCUT2D eigenvalue weighted by Gasteiger charge is -2.12. The van der Waals surface area contributed by atoms with E-state index in [0.717, 1.165) is 4.31 Å². The first-order chi connectivity index (χ1) is 6.37. The molecule has 7 heteroatoms. The Morgan fingerprint density at radius 3 is 2.50 bits per heavy atom. The Labute approximate surface area is 96.1 Å². The normalized spacial score (nSPS) is 12.1. The number of pyridine rings is 1. The molecule has 4 nitrogen and oxygen atoms in total. The van der Waals surface area contributed by atoms with Crippen LogP contribution >= 0.6 is 27.5 Å². The highest BCUT2D eigenvalue weighted by atomic mass is 79.9. The predicted molar refractivity (Wildman–Crippen MR) is 57.8 cm³/mol. The molecule has 14 heavy (non-hydrogen) atoms. The van der Waals surface area contributed by atoms with Crippen molar-refractivity contribution in [2.45, 2.75) is 4.90 Å². The predicted octanol–water partition coefficient (Wildman–Crippen LogP) is 1.75. The third kappa shape index (κ3) is 2.08.